The van der Waals surface area contributed by atoms with Crippen LogP contribution < -0.4 is 4.74 Å². The maximum Gasteiger partial charge on any atom is 0.264 e. The summed E-state index contributed by atoms with van der Waals surface area (Å²) in [5.74, 6) is 0.792. The van der Waals surface area contributed by atoms with Crippen molar-refractivity contribution in [2.45, 2.75) is 9.24 Å². The number of nitrogens with zero attached hydrogens (tertiary/aromatic N) is 2. The molecule has 0 aliphatic carbocycles. The van der Waals surface area contributed by atoms with Gasteiger partial charge in [0.1, 0.15) is 10.6 Å². The van der Waals surface area contributed by atoms with Gasteiger partial charge in [-0.3, -0.25) is 9.78 Å². The highest BCUT2D eigenvalue weighted by atomic mass is 35.5. The molecule has 1 aromatic carbocycles. The van der Waals surface area contributed by atoms with Crippen molar-refractivity contribution in [3.63, 3.8) is 0 Å². The van der Waals surface area contributed by atoms with Crippen LogP contribution in [0.25, 0.3) is 11.1 Å². The predicted molar refractivity (Wildman–Crippen MR) is 92.6 cm³/mol. The lowest BCUT2D eigenvalue weighted by Crippen LogP contribution is -1.88. The van der Waals surface area contributed by atoms with E-state index in [0.29, 0.717) is 4.88 Å². The van der Waals surface area contributed by atoms with E-state index in [0.717, 1.165) is 26.1 Å². The zero-order chi connectivity index (χ0) is 16.2. The summed E-state index contributed by atoms with van der Waals surface area (Å²) in [6.07, 6.45) is 5.03. The third kappa shape index (κ3) is 3.72. The molecule has 116 valence electrons. The van der Waals surface area contributed by atoms with Crippen LogP contribution in [-0.2, 0) is 0 Å². The Morgan fingerprint density at radius 1 is 1.26 bits per heavy atom. The number of carbonyl (C=O) groups excluding carboxylic acids is 1. The van der Waals surface area contributed by atoms with Crippen molar-refractivity contribution in [3.05, 3.63) is 53.8 Å². The molecule has 0 radical (unpaired) electrons. The monoisotopic (exact) mass is 362 g/mol. The van der Waals surface area contributed by atoms with Gasteiger partial charge in [-0.1, -0.05) is 30.0 Å². The fourth-order valence-electron chi connectivity index (χ4n) is 2.00. The third-order valence-corrected chi connectivity index (χ3v) is 5.36. The zero-order valence-electron chi connectivity index (χ0n) is 12.0. The van der Waals surface area contributed by atoms with Crippen LogP contribution in [0.2, 0.25) is 0 Å². The van der Waals surface area contributed by atoms with Crippen molar-refractivity contribution in [1.29, 1.82) is 0 Å². The minimum atomic E-state index is -0.491. The number of halogens is 1. The Morgan fingerprint density at radius 3 is 2.83 bits per heavy atom. The van der Waals surface area contributed by atoms with Gasteiger partial charge in [-0.2, -0.15) is 0 Å². The van der Waals surface area contributed by atoms with Gasteiger partial charge in [0.25, 0.3) is 5.24 Å². The van der Waals surface area contributed by atoms with Crippen molar-refractivity contribution in [3.8, 4) is 16.9 Å². The number of thiazole rings is 1. The van der Waals surface area contributed by atoms with E-state index < -0.39 is 5.24 Å². The molecular formula is C16H11ClN2O2S2. The SMILES string of the molecule is COc1ccccc1-c1cncc(Sc2ncc(C(=O)Cl)s2)c1. The normalized spacial score (nSPS) is 10.5. The number of methoxy groups -OCH3 is 1. The summed E-state index contributed by atoms with van der Waals surface area (Å²) < 4.78 is 6.13. The largest absolute Gasteiger partial charge is 0.496 e. The molecular weight excluding hydrogens is 352 g/mol. The number of hydrogen-bond donors (Lipinski definition) is 0. The lowest BCUT2D eigenvalue weighted by atomic mass is 10.1. The van der Waals surface area contributed by atoms with Crippen LogP contribution in [0.4, 0.5) is 0 Å². The van der Waals surface area contributed by atoms with E-state index in [2.05, 4.69) is 9.97 Å². The van der Waals surface area contributed by atoms with Crippen LogP contribution in [-0.4, -0.2) is 22.3 Å². The number of aromatic nitrogens is 2. The third-order valence-electron chi connectivity index (χ3n) is 3.01. The number of hydrogen-bond acceptors (Lipinski definition) is 6. The molecule has 0 bridgehead atoms. The van der Waals surface area contributed by atoms with Crippen LogP contribution in [0, 0.1) is 0 Å². The molecule has 23 heavy (non-hydrogen) atoms. The molecule has 0 aliphatic rings. The quantitative estimate of drug-likeness (QED) is 0.613. The fourth-order valence-corrected chi connectivity index (χ4v) is 3.98. The molecule has 0 unspecified atom stereocenters. The van der Waals surface area contributed by atoms with Crippen LogP contribution in [0.3, 0.4) is 0 Å². The van der Waals surface area contributed by atoms with Gasteiger partial charge in [0, 0.05) is 28.4 Å². The summed E-state index contributed by atoms with van der Waals surface area (Å²) in [7, 11) is 1.64. The molecule has 7 heteroatoms. The van der Waals surface area contributed by atoms with Crippen molar-refractivity contribution >= 4 is 39.9 Å². The summed E-state index contributed by atoms with van der Waals surface area (Å²) >= 11 is 8.16. The number of rotatable bonds is 5. The van der Waals surface area contributed by atoms with E-state index in [1.54, 1.807) is 19.5 Å². The highest BCUT2D eigenvalue weighted by Gasteiger charge is 2.11. The van der Waals surface area contributed by atoms with Crippen LogP contribution in [0.1, 0.15) is 9.67 Å². The summed E-state index contributed by atoms with van der Waals surface area (Å²) in [5.41, 5.74) is 1.93. The van der Waals surface area contributed by atoms with Gasteiger partial charge >= 0.3 is 0 Å². The topological polar surface area (TPSA) is 52.1 Å². The Balaban J connectivity index is 1.89. The number of ether oxygens (including phenoxy) is 1. The zero-order valence-corrected chi connectivity index (χ0v) is 14.4. The average Bonchev–Trinajstić information content (AvgIpc) is 3.04. The summed E-state index contributed by atoms with van der Waals surface area (Å²) in [5, 5.41) is -0.491. The molecule has 2 aromatic heterocycles. The molecule has 0 aliphatic heterocycles. The molecule has 0 spiro atoms. The van der Waals surface area contributed by atoms with Gasteiger partial charge in [0.05, 0.1) is 13.3 Å². The molecule has 0 saturated carbocycles. The van der Waals surface area contributed by atoms with Gasteiger partial charge < -0.3 is 4.74 Å². The van der Waals surface area contributed by atoms with E-state index >= 15 is 0 Å². The average molecular weight is 363 g/mol. The van der Waals surface area contributed by atoms with Gasteiger partial charge in [0.2, 0.25) is 0 Å². The molecule has 3 aromatic rings. The van der Waals surface area contributed by atoms with E-state index in [1.807, 2.05) is 30.3 Å². The predicted octanol–water partition coefficient (Wildman–Crippen LogP) is 4.74. The summed E-state index contributed by atoms with van der Waals surface area (Å²) in [4.78, 5) is 21.0. The van der Waals surface area contributed by atoms with E-state index in [-0.39, 0.29) is 0 Å². The Bertz CT molecular complexity index is 851. The minimum absolute atomic E-state index is 0.433. The van der Waals surface area contributed by atoms with Crippen LogP contribution in [0.15, 0.2) is 58.2 Å². The van der Waals surface area contributed by atoms with Gasteiger partial charge in [0.15, 0.2) is 4.34 Å². The molecule has 0 amide bonds. The highest BCUT2D eigenvalue weighted by Crippen LogP contribution is 2.35. The lowest BCUT2D eigenvalue weighted by Gasteiger charge is -2.08. The second kappa shape index (κ2) is 7.12. The number of carbonyl (C=O) groups is 1. The van der Waals surface area contributed by atoms with Crippen molar-refractivity contribution in [1.82, 2.24) is 9.97 Å². The fraction of sp³-hybridized carbons (Fsp3) is 0.0625. The Labute approximate surface area is 146 Å². The number of benzene rings is 1. The van der Waals surface area contributed by atoms with Gasteiger partial charge in [-0.25, -0.2) is 4.98 Å². The van der Waals surface area contributed by atoms with Crippen molar-refractivity contribution in [2.24, 2.45) is 0 Å². The first-order chi connectivity index (χ1) is 11.2. The minimum Gasteiger partial charge on any atom is -0.496 e. The molecule has 2 heterocycles. The van der Waals surface area contributed by atoms with E-state index in [4.69, 9.17) is 16.3 Å². The van der Waals surface area contributed by atoms with Gasteiger partial charge in [-0.15, -0.1) is 11.3 Å². The van der Waals surface area contributed by atoms with Gasteiger partial charge in [-0.05, 0) is 23.7 Å². The first-order valence-corrected chi connectivity index (χ1v) is 8.60. The first-order valence-electron chi connectivity index (χ1n) is 6.59. The molecule has 0 saturated heterocycles. The molecule has 3 rings (SSSR count). The summed E-state index contributed by atoms with van der Waals surface area (Å²) in [6, 6.07) is 9.79. The molecule has 0 atom stereocenters. The van der Waals surface area contributed by atoms with Crippen LogP contribution >= 0.6 is 34.7 Å². The standard InChI is InChI=1S/C16H11ClN2O2S2/c1-21-13-5-3-2-4-12(13)10-6-11(8-18-7-10)22-16-19-9-14(23-16)15(17)20/h2-9H,1H3. The molecule has 0 N–H and O–H groups in total. The van der Waals surface area contributed by atoms with Crippen molar-refractivity contribution < 1.29 is 9.53 Å². The Kier molecular flexibility index (Phi) is 4.95. The second-order valence-corrected chi connectivity index (χ2v) is 7.17. The van der Waals surface area contributed by atoms with Crippen LogP contribution in [0.5, 0.6) is 5.75 Å². The second-order valence-electron chi connectivity index (χ2n) is 4.48. The maximum absolute atomic E-state index is 11.1. The lowest BCUT2D eigenvalue weighted by molar-refractivity contribution is 0.108. The van der Waals surface area contributed by atoms with Crippen molar-refractivity contribution in [2.75, 3.05) is 7.11 Å². The number of para-hydroxylation sites is 1. The summed E-state index contributed by atoms with van der Waals surface area (Å²) in [6.45, 7) is 0. The maximum atomic E-state index is 11.1. The Morgan fingerprint density at radius 2 is 2.09 bits per heavy atom. The molecule has 4 nitrogen and oxygen atoms in total. The highest BCUT2D eigenvalue weighted by molar-refractivity contribution is 8.01. The van der Waals surface area contributed by atoms with E-state index in [1.165, 1.54) is 29.3 Å². The van der Waals surface area contributed by atoms with E-state index in [9.17, 15) is 4.79 Å². The number of pyridine rings is 1. The smallest absolute Gasteiger partial charge is 0.264 e. The Hall–Kier alpha value is -1.89. The first kappa shape index (κ1) is 16.0. The molecule has 0 fully saturated rings.